The fourth-order valence-corrected chi connectivity index (χ4v) is 2.77. The van der Waals surface area contributed by atoms with Crippen molar-refractivity contribution in [3.05, 3.63) is 36.2 Å². The number of benzene rings is 1. The molecular weight excluding hydrogens is 316 g/mol. The average molecular weight is 337 g/mol. The third kappa shape index (κ3) is 4.27. The molecule has 1 amide bonds. The fourth-order valence-electron chi connectivity index (χ4n) is 2.77. The molecule has 1 N–H and O–H groups in total. The molecule has 124 valence electrons. The summed E-state index contributed by atoms with van der Waals surface area (Å²) >= 11 is 0. The highest BCUT2D eigenvalue weighted by atomic mass is 35.5. The van der Waals surface area contributed by atoms with Crippen LogP contribution in [-0.4, -0.2) is 57.2 Å². The fraction of sp³-hybridized carbons (Fsp3) is 0.467. The second-order valence-electron chi connectivity index (χ2n) is 5.57. The highest BCUT2D eigenvalue weighted by Gasteiger charge is 2.22. The lowest BCUT2D eigenvalue weighted by Gasteiger charge is -2.32. The molecule has 8 heteroatoms. The van der Waals surface area contributed by atoms with E-state index in [1.165, 1.54) is 0 Å². The number of hydrogen-bond acceptors (Lipinski definition) is 5. The summed E-state index contributed by atoms with van der Waals surface area (Å²) in [5, 5.41) is 14.3. The molecule has 7 nitrogen and oxygen atoms in total. The van der Waals surface area contributed by atoms with Crippen molar-refractivity contribution in [1.29, 1.82) is 0 Å². The standard InChI is InChI=1S/C15H20N6O.ClH/c1-16-13-3-2-8-20(10-13)15(22)9-12-4-6-14(7-5-12)21-11-17-18-19-21;/h4-7,11,13,16H,2-3,8-10H2,1H3;1H. The Morgan fingerprint density at radius 2 is 2.13 bits per heavy atom. The number of hydrogen-bond donors (Lipinski definition) is 1. The molecule has 0 bridgehead atoms. The van der Waals surface area contributed by atoms with Gasteiger partial charge < -0.3 is 10.2 Å². The zero-order chi connectivity index (χ0) is 15.4. The van der Waals surface area contributed by atoms with Crippen LogP contribution in [0.2, 0.25) is 0 Å². The maximum Gasteiger partial charge on any atom is 0.227 e. The van der Waals surface area contributed by atoms with Crippen LogP contribution >= 0.6 is 12.4 Å². The van der Waals surface area contributed by atoms with Crippen LogP contribution in [0.15, 0.2) is 30.6 Å². The maximum absolute atomic E-state index is 12.4. The van der Waals surface area contributed by atoms with E-state index in [1.54, 1.807) is 11.0 Å². The Labute approximate surface area is 141 Å². The van der Waals surface area contributed by atoms with E-state index in [0.29, 0.717) is 12.5 Å². The van der Waals surface area contributed by atoms with E-state index in [2.05, 4.69) is 20.8 Å². The van der Waals surface area contributed by atoms with E-state index in [-0.39, 0.29) is 18.3 Å². The summed E-state index contributed by atoms with van der Waals surface area (Å²) in [4.78, 5) is 14.4. The van der Waals surface area contributed by atoms with Crippen LogP contribution in [0.5, 0.6) is 0 Å². The summed E-state index contributed by atoms with van der Waals surface area (Å²) in [7, 11) is 1.95. The molecule has 0 saturated carbocycles. The number of carbonyl (C=O) groups excluding carboxylic acids is 1. The number of nitrogens with one attached hydrogen (secondary N) is 1. The van der Waals surface area contributed by atoms with Gasteiger partial charge in [-0.1, -0.05) is 12.1 Å². The molecule has 2 heterocycles. The van der Waals surface area contributed by atoms with Gasteiger partial charge in [0, 0.05) is 19.1 Å². The van der Waals surface area contributed by atoms with Crippen molar-refractivity contribution < 1.29 is 4.79 Å². The zero-order valence-corrected chi connectivity index (χ0v) is 13.9. The van der Waals surface area contributed by atoms with Gasteiger partial charge >= 0.3 is 0 Å². The number of amides is 1. The van der Waals surface area contributed by atoms with Gasteiger partial charge in [-0.15, -0.1) is 17.5 Å². The van der Waals surface area contributed by atoms with E-state index in [9.17, 15) is 4.79 Å². The van der Waals surface area contributed by atoms with Gasteiger partial charge in [-0.3, -0.25) is 4.79 Å². The normalized spacial score (nSPS) is 17.6. The first-order chi connectivity index (χ1) is 10.8. The van der Waals surface area contributed by atoms with Crippen LogP contribution in [0.4, 0.5) is 0 Å². The summed E-state index contributed by atoms with van der Waals surface area (Å²) in [5.41, 5.74) is 1.89. The van der Waals surface area contributed by atoms with Crippen molar-refractivity contribution >= 4 is 18.3 Å². The second-order valence-corrected chi connectivity index (χ2v) is 5.57. The topological polar surface area (TPSA) is 75.9 Å². The number of nitrogens with zero attached hydrogens (tertiary/aromatic N) is 5. The van der Waals surface area contributed by atoms with Crippen LogP contribution in [0, 0.1) is 0 Å². The van der Waals surface area contributed by atoms with E-state index in [1.807, 2.05) is 36.2 Å². The van der Waals surface area contributed by atoms with E-state index < -0.39 is 0 Å². The number of piperidine rings is 1. The Balaban J connectivity index is 0.00000192. The molecule has 0 radical (unpaired) electrons. The Hall–Kier alpha value is -1.99. The minimum atomic E-state index is 0. The molecule has 1 aliphatic heterocycles. The van der Waals surface area contributed by atoms with Crippen LogP contribution in [0.1, 0.15) is 18.4 Å². The van der Waals surface area contributed by atoms with Crippen LogP contribution in [0.3, 0.4) is 0 Å². The van der Waals surface area contributed by atoms with Crippen molar-refractivity contribution in [3.63, 3.8) is 0 Å². The number of likely N-dealkylation sites (N-methyl/N-ethyl adjacent to an activating group) is 1. The predicted octanol–water partition coefficient (Wildman–Crippen LogP) is 0.837. The third-order valence-electron chi connectivity index (χ3n) is 4.09. The first-order valence-electron chi connectivity index (χ1n) is 7.53. The molecule has 0 spiro atoms. The van der Waals surface area contributed by atoms with Crippen LogP contribution in [0.25, 0.3) is 5.69 Å². The number of carbonyl (C=O) groups is 1. The van der Waals surface area contributed by atoms with Crippen molar-refractivity contribution in [1.82, 2.24) is 30.4 Å². The number of halogens is 1. The summed E-state index contributed by atoms with van der Waals surface area (Å²) in [6, 6.07) is 8.17. The molecule has 0 aliphatic carbocycles. The average Bonchev–Trinajstić information content (AvgIpc) is 3.10. The zero-order valence-electron chi connectivity index (χ0n) is 13.1. The first kappa shape index (κ1) is 17.4. The second kappa shape index (κ2) is 8.03. The summed E-state index contributed by atoms with van der Waals surface area (Å²) in [6.45, 7) is 1.66. The molecule has 2 aromatic rings. The van der Waals surface area contributed by atoms with Crippen molar-refractivity contribution in [2.45, 2.75) is 25.3 Å². The molecule has 1 unspecified atom stereocenters. The molecule has 1 fully saturated rings. The molecule has 23 heavy (non-hydrogen) atoms. The predicted molar refractivity (Wildman–Crippen MR) is 88.8 cm³/mol. The smallest absolute Gasteiger partial charge is 0.227 e. The lowest BCUT2D eigenvalue weighted by Crippen LogP contribution is -2.47. The highest BCUT2D eigenvalue weighted by molar-refractivity contribution is 5.85. The van der Waals surface area contributed by atoms with E-state index in [0.717, 1.165) is 37.2 Å². The minimum Gasteiger partial charge on any atom is -0.341 e. The van der Waals surface area contributed by atoms with Gasteiger partial charge in [0.1, 0.15) is 6.33 Å². The minimum absolute atomic E-state index is 0. The SMILES string of the molecule is CNC1CCCN(C(=O)Cc2ccc(-n3cnnn3)cc2)C1.Cl. The first-order valence-corrected chi connectivity index (χ1v) is 7.53. The Kier molecular flexibility index (Phi) is 6.06. The van der Waals surface area contributed by atoms with E-state index in [4.69, 9.17) is 0 Å². The molecule has 1 aromatic carbocycles. The van der Waals surface area contributed by atoms with Gasteiger partial charge in [0.2, 0.25) is 5.91 Å². The van der Waals surface area contributed by atoms with Gasteiger partial charge in [0.25, 0.3) is 0 Å². The van der Waals surface area contributed by atoms with Crippen molar-refractivity contribution in [2.75, 3.05) is 20.1 Å². The monoisotopic (exact) mass is 336 g/mol. The summed E-state index contributed by atoms with van der Waals surface area (Å²) in [6.07, 6.45) is 4.19. The van der Waals surface area contributed by atoms with Gasteiger partial charge in [-0.2, -0.15) is 0 Å². The van der Waals surface area contributed by atoms with Crippen molar-refractivity contribution in [3.8, 4) is 5.69 Å². The number of aromatic nitrogens is 4. The highest BCUT2D eigenvalue weighted by Crippen LogP contribution is 2.13. The summed E-state index contributed by atoms with van der Waals surface area (Å²) < 4.78 is 1.59. The van der Waals surface area contributed by atoms with E-state index >= 15 is 0 Å². The lowest BCUT2D eigenvalue weighted by molar-refractivity contribution is -0.131. The Morgan fingerprint density at radius 3 is 2.78 bits per heavy atom. The molecule has 1 saturated heterocycles. The molecule has 1 aliphatic rings. The molecule has 3 rings (SSSR count). The van der Waals surface area contributed by atoms with Gasteiger partial charge in [0.15, 0.2) is 0 Å². The number of tetrazole rings is 1. The Bertz CT molecular complexity index is 615. The molecule has 1 atom stereocenters. The Morgan fingerprint density at radius 1 is 1.35 bits per heavy atom. The molecule has 1 aromatic heterocycles. The maximum atomic E-state index is 12.4. The van der Waals surface area contributed by atoms with Gasteiger partial charge in [0.05, 0.1) is 12.1 Å². The quantitative estimate of drug-likeness (QED) is 0.895. The number of rotatable bonds is 4. The summed E-state index contributed by atoms with van der Waals surface area (Å²) in [5.74, 6) is 0.190. The van der Waals surface area contributed by atoms with Crippen molar-refractivity contribution in [2.24, 2.45) is 0 Å². The lowest BCUT2D eigenvalue weighted by atomic mass is 10.0. The largest absolute Gasteiger partial charge is 0.341 e. The van der Waals surface area contributed by atoms with Gasteiger partial charge in [-0.05, 0) is 48.0 Å². The number of likely N-dealkylation sites (tertiary alicyclic amines) is 1. The van der Waals surface area contributed by atoms with Crippen LogP contribution in [-0.2, 0) is 11.2 Å². The van der Waals surface area contributed by atoms with Gasteiger partial charge in [-0.25, -0.2) is 4.68 Å². The molecular formula is C15H21ClN6O. The van der Waals surface area contributed by atoms with Crippen LogP contribution < -0.4 is 5.32 Å². The third-order valence-corrected chi connectivity index (χ3v) is 4.09.